The normalized spacial score (nSPS) is 11.5. The van der Waals surface area contributed by atoms with Crippen LogP contribution < -0.4 is 9.80 Å². The fraction of sp³-hybridized carbons (Fsp3) is 0.294. The van der Waals surface area contributed by atoms with Gasteiger partial charge < -0.3 is 14.5 Å². The molecule has 24 heavy (non-hydrogen) atoms. The van der Waals surface area contributed by atoms with E-state index in [0.717, 1.165) is 5.69 Å². The number of ether oxygens (including phenoxy) is 1. The number of rotatable bonds is 6. The quantitative estimate of drug-likeness (QED) is 0.748. The molecule has 7 nitrogen and oxygen atoms in total. The summed E-state index contributed by atoms with van der Waals surface area (Å²) in [6, 6.07) is 10.9. The zero-order valence-corrected chi connectivity index (χ0v) is 13.9. The molecular formula is C17H20N4O3. The number of carbonyl (C=O) groups excluding carboxylic acids is 2. The van der Waals surface area contributed by atoms with E-state index in [-0.39, 0.29) is 12.5 Å². The van der Waals surface area contributed by atoms with Gasteiger partial charge in [-0.3, -0.25) is 9.59 Å². The molecule has 1 aromatic heterocycles. The van der Waals surface area contributed by atoms with Crippen LogP contribution in [0.1, 0.15) is 6.92 Å². The number of hydrogen-bond acceptors (Lipinski definition) is 6. The third-order valence-electron chi connectivity index (χ3n) is 3.39. The first kappa shape index (κ1) is 17.4. The Kier molecular flexibility index (Phi) is 5.83. The van der Waals surface area contributed by atoms with E-state index in [0.29, 0.717) is 5.95 Å². The van der Waals surface area contributed by atoms with E-state index in [1.165, 1.54) is 4.90 Å². The zero-order valence-electron chi connectivity index (χ0n) is 13.9. The molecule has 1 unspecified atom stereocenters. The van der Waals surface area contributed by atoms with Crippen LogP contribution in [0.5, 0.6) is 0 Å². The van der Waals surface area contributed by atoms with Crippen LogP contribution in [0.25, 0.3) is 0 Å². The van der Waals surface area contributed by atoms with Gasteiger partial charge in [0.05, 0.1) is 0 Å². The Morgan fingerprint density at radius 2 is 1.71 bits per heavy atom. The van der Waals surface area contributed by atoms with Crippen LogP contribution in [0.4, 0.5) is 11.6 Å². The van der Waals surface area contributed by atoms with Gasteiger partial charge in [-0.25, -0.2) is 9.97 Å². The van der Waals surface area contributed by atoms with E-state index in [1.54, 1.807) is 44.4 Å². The van der Waals surface area contributed by atoms with E-state index >= 15 is 0 Å². The van der Waals surface area contributed by atoms with Gasteiger partial charge in [0.15, 0.2) is 6.10 Å². The Bertz CT molecular complexity index is 679. The lowest BCUT2D eigenvalue weighted by Crippen LogP contribution is -2.39. The van der Waals surface area contributed by atoms with Gasteiger partial charge in [0, 0.05) is 32.2 Å². The van der Waals surface area contributed by atoms with Gasteiger partial charge >= 0.3 is 5.97 Å². The molecule has 0 aliphatic heterocycles. The van der Waals surface area contributed by atoms with Crippen LogP contribution in [0.15, 0.2) is 48.8 Å². The topological polar surface area (TPSA) is 75.6 Å². The Labute approximate surface area is 140 Å². The molecule has 0 bridgehead atoms. The Morgan fingerprint density at radius 1 is 1.08 bits per heavy atom. The van der Waals surface area contributed by atoms with Gasteiger partial charge in [-0.05, 0) is 25.1 Å². The van der Waals surface area contributed by atoms with Crippen LogP contribution in [-0.4, -0.2) is 48.6 Å². The number of likely N-dealkylation sites (N-methyl/N-ethyl adjacent to an activating group) is 2. The minimum absolute atomic E-state index is 0.0450. The van der Waals surface area contributed by atoms with E-state index in [4.69, 9.17) is 4.74 Å². The number of hydrogen-bond donors (Lipinski definition) is 0. The van der Waals surface area contributed by atoms with Crippen molar-refractivity contribution in [1.29, 1.82) is 0 Å². The molecule has 0 saturated heterocycles. The van der Waals surface area contributed by atoms with Crippen molar-refractivity contribution in [3.8, 4) is 0 Å². The van der Waals surface area contributed by atoms with E-state index in [2.05, 4.69) is 9.97 Å². The number of aromatic nitrogens is 2. The van der Waals surface area contributed by atoms with Crippen LogP contribution in [0.3, 0.4) is 0 Å². The second-order valence-corrected chi connectivity index (χ2v) is 5.27. The number of benzene rings is 1. The number of anilines is 2. The van der Waals surface area contributed by atoms with E-state index < -0.39 is 12.1 Å². The summed E-state index contributed by atoms with van der Waals surface area (Å²) in [7, 11) is 3.32. The van der Waals surface area contributed by atoms with Gasteiger partial charge in [-0.2, -0.15) is 0 Å². The minimum atomic E-state index is -0.882. The lowest BCUT2D eigenvalue weighted by atomic mass is 10.2. The Balaban J connectivity index is 1.90. The molecule has 0 aliphatic rings. The molecule has 0 aliphatic carbocycles. The second kappa shape index (κ2) is 8.05. The minimum Gasteiger partial charge on any atom is -0.451 e. The molecule has 7 heteroatoms. The summed E-state index contributed by atoms with van der Waals surface area (Å²) in [5.41, 5.74) is 0.736. The first-order valence-electron chi connectivity index (χ1n) is 7.49. The van der Waals surface area contributed by atoms with Crippen molar-refractivity contribution in [2.24, 2.45) is 0 Å². The maximum Gasteiger partial charge on any atom is 0.326 e. The summed E-state index contributed by atoms with van der Waals surface area (Å²) >= 11 is 0. The van der Waals surface area contributed by atoms with Crippen LogP contribution in [-0.2, 0) is 14.3 Å². The molecule has 0 fully saturated rings. The SMILES string of the molecule is CC(OC(=O)CN(C)c1ncccn1)C(=O)N(C)c1ccccc1. The Hall–Kier alpha value is -2.96. The molecule has 2 rings (SSSR count). The summed E-state index contributed by atoms with van der Waals surface area (Å²) in [4.78, 5) is 35.5. The van der Waals surface area contributed by atoms with Crippen molar-refractivity contribution in [2.75, 3.05) is 30.4 Å². The first-order chi connectivity index (χ1) is 11.5. The third kappa shape index (κ3) is 4.52. The molecule has 0 spiro atoms. The van der Waals surface area contributed by atoms with E-state index in [1.807, 2.05) is 30.3 Å². The highest BCUT2D eigenvalue weighted by atomic mass is 16.5. The molecule has 2 aromatic rings. The highest BCUT2D eigenvalue weighted by Gasteiger charge is 2.23. The van der Waals surface area contributed by atoms with Crippen molar-refractivity contribution in [1.82, 2.24) is 9.97 Å². The molecule has 1 amide bonds. The molecule has 126 valence electrons. The van der Waals surface area contributed by atoms with Crippen molar-refractivity contribution in [3.63, 3.8) is 0 Å². The number of para-hydroxylation sites is 1. The highest BCUT2D eigenvalue weighted by Crippen LogP contribution is 2.13. The molecular weight excluding hydrogens is 308 g/mol. The summed E-state index contributed by atoms with van der Waals surface area (Å²) < 4.78 is 5.22. The van der Waals surface area contributed by atoms with Crippen molar-refractivity contribution in [2.45, 2.75) is 13.0 Å². The average molecular weight is 328 g/mol. The number of nitrogens with zero attached hydrogens (tertiary/aromatic N) is 4. The summed E-state index contributed by atoms with van der Waals surface area (Å²) in [6.45, 7) is 1.51. The number of esters is 1. The predicted molar refractivity (Wildman–Crippen MR) is 90.7 cm³/mol. The van der Waals surface area contributed by atoms with Gasteiger partial charge in [-0.15, -0.1) is 0 Å². The summed E-state index contributed by atoms with van der Waals surface area (Å²) in [5.74, 6) is -0.407. The average Bonchev–Trinajstić information content (AvgIpc) is 2.61. The van der Waals surface area contributed by atoms with Gasteiger partial charge in [0.2, 0.25) is 5.95 Å². The molecule has 1 aromatic carbocycles. The predicted octanol–water partition coefficient (Wildman–Crippen LogP) is 1.51. The molecule has 0 N–H and O–H groups in total. The smallest absolute Gasteiger partial charge is 0.326 e. The maximum absolute atomic E-state index is 12.3. The largest absolute Gasteiger partial charge is 0.451 e. The van der Waals surface area contributed by atoms with Crippen LogP contribution in [0.2, 0.25) is 0 Å². The standard InChI is InChI=1S/C17H20N4O3/c1-13(16(23)21(3)14-8-5-4-6-9-14)24-15(22)12-20(2)17-18-10-7-11-19-17/h4-11,13H,12H2,1-3H3. The van der Waals surface area contributed by atoms with Crippen LogP contribution >= 0.6 is 0 Å². The second-order valence-electron chi connectivity index (χ2n) is 5.27. The number of amides is 1. The number of carbonyl (C=O) groups is 2. The third-order valence-corrected chi connectivity index (χ3v) is 3.39. The van der Waals surface area contributed by atoms with Crippen molar-refractivity contribution in [3.05, 3.63) is 48.8 Å². The lowest BCUT2D eigenvalue weighted by Gasteiger charge is -2.22. The summed E-state index contributed by atoms with van der Waals surface area (Å²) in [5, 5.41) is 0. The van der Waals surface area contributed by atoms with Gasteiger partial charge in [0.25, 0.3) is 5.91 Å². The zero-order chi connectivity index (χ0) is 17.5. The molecule has 1 heterocycles. The first-order valence-corrected chi connectivity index (χ1v) is 7.49. The Morgan fingerprint density at radius 3 is 2.33 bits per heavy atom. The van der Waals surface area contributed by atoms with E-state index in [9.17, 15) is 9.59 Å². The summed E-state index contributed by atoms with van der Waals surface area (Å²) in [6.07, 6.45) is 2.30. The van der Waals surface area contributed by atoms with Gasteiger partial charge in [0.1, 0.15) is 6.54 Å². The molecule has 0 saturated carbocycles. The molecule has 0 radical (unpaired) electrons. The van der Waals surface area contributed by atoms with Crippen molar-refractivity contribution < 1.29 is 14.3 Å². The monoisotopic (exact) mass is 328 g/mol. The lowest BCUT2D eigenvalue weighted by molar-refractivity contribution is -0.152. The van der Waals surface area contributed by atoms with Crippen molar-refractivity contribution >= 4 is 23.5 Å². The van der Waals surface area contributed by atoms with Gasteiger partial charge in [-0.1, -0.05) is 18.2 Å². The van der Waals surface area contributed by atoms with Crippen LogP contribution in [0, 0.1) is 0 Å². The fourth-order valence-corrected chi connectivity index (χ4v) is 2.09. The fourth-order valence-electron chi connectivity index (χ4n) is 2.09. The molecule has 1 atom stereocenters. The maximum atomic E-state index is 12.3. The highest BCUT2D eigenvalue weighted by molar-refractivity contribution is 5.97.